The van der Waals surface area contributed by atoms with Crippen molar-refractivity contribution in [2.45, 2.75) is 24.5 Å². The normalized spacial score (nSPS) is 10.6. The molecule has 1 amide bonds. The predicted octanol–water partition coefficient (Wildman–Crippen LogP) is 4.41. The van der Waals surface area contributed by atoms with Gasteiger partial charge in [0.1, 0.15) is 0 Å². The van der Waals surface area contributed by atoms with E-state index >= 15 is 0 Å². The molecule has 0 heterocycles. The number of carbonyl (C=O) groups excluding carboxylic acids is 2. The zero-order valence-corrected chi connectivity index (χ0v) is 14.5. The van der Waals surface area contributed by atoms with Gasteiger partial charge in [0, 0.05) is 10.6 Å². The molecule has 0 aliphatic rings. The Morgan fingerprint density at radius 2 is 1.84 bits per heavy atom. The molecule has 0 spiro atoms. The number of halogens is 2. The first-order chi connectivity index (χ1) is 11.9. The summed E-state index contributed by atoms with van der Waals surface area (Å²) in [6.45, 7) is 3.29. The number of anilines is 1. The molecule has 1 N–H and O–H groups in total. The lowest BCUT2D eigenvalue weighted by atomic mass is 10.1. The second kappa shape index (κ2) is 8.62. The van der Waals surface area contributed by atoms with Crippen LogP contribution in [0.1, 0.15) is 21.5 Å². The molecule has 0 unspecified atom stereocenters. The largest absolute Gasteiger partial charge is 0.452 e. The summed E-state index contributed by atoms with van der Waals surface area (Å²) >= 11 is 0.259. The van der Waals surface area contributed by atoms with Gasteiger partial charge in [0.25, 0.3) is 11.7 Å². The first-order valence-electron chi connectivity index (χ1n) is 7.45. The summed E-state index contributed by atoms with van der Waals surface area (Å²) in [7, 11) is 0. The molecule has 4 nitrogen and oxygen atoms in total. The molecule has 2 aromatic rings. The van der Waals surface area contributed by atoms with Crippen molar-refractivity contribution in [1.82, 2.24) is 0 Å². The average molecular weight is 365 g/mol. The summed E-state index contributed by atoms with van der Waals surface area (Å²) in [6, 6.07) is 11.4. The Balaban J connectivity index is 1.98. The number of hydrogen-bond donors (Lipinski definition) is 1. The Labute approximate surface area is 148 Å². The number of aryl methyl sites for hydroxylation is 1. The van der Waals surface area contributed by atoms with E-state index in [1.807, 2.05) is 26.0 Å². The summed E-state index contributed by atoms with van der Waals surface area (Å²) in [5.74, 6) is -3.97. The van der Waals surface area contributed by atoms with Crippen molar-refractivity contribution < 1.29 is 23.1 Å². The Kier molecular flexibility index (Phi) is 6.52. The van der Waals surface area contributed by atoms with Gasteiger partial charge in [0.05, 0.1) is 5.56 Å². The molecule has 132 valence electrons. The van der Waals surface area contributed by atoms with Crippen LogP contribution in [0.15, 0.2) is 47.4 Å². The highest BCUT2D eigenvalue weighted by Crippen LogP contribution is 2.28. The topological polar surface area (TPSA) is 55.4 Å². The first-order valence-corrected chi connectivity index (χ1v) is 8.33. The van der Waals surface area contributed by atoms with Gasteiger partial charge in [-0.25, -0.2) is 4.79 Å². The van der Waals surface area contributed by atoms with Gasteiger partial charge >= 0.3 is 5.97 Å². The molecule has 0 saturated heterocycles. The van der Waals surface area contributed by atoms with E-state index in [9.17, 15) is 18.4 Å². The molecule has 0 aromatic heterocycles. The molecular formula is C18H17F2NO3S. The highest BCUT2D eigenvalue weighted by molar-refractivity contribution is 7.99. The smallest absolute Gasteiger partial charge is 0.339 e. The number of hydrogen-bond acceptors (Lipinski definition) is 4. The van der Waals surface area contributed by atoms with Crippen LogP contribution in [-0.2, 0) is 9.53 Å². The fraction of sp³-hybridized carbons (Fsp3) is 0.222. The Bertz CT molecular complexity index is 781. The van der Waals surface area contributed by atoms with E-state index < -0.39 is 24.2 Å². The van der Waals surface area contributed by atoms with Crippen LogP contribution in [0.2, 0.25) is 0 Å². The molecule has 0 radical (unpaired) electrons. The SMILES string of the molecule is Cc1cccc(NC(=O)COC(=O)c2ccccc2SC(F)F)c1C. The lowest BCUT2D eigenvalue weighted by molar-refractivity contribution is -0.119. The maximum absolute atomic E-state index is 12.5. The lowest BCUT2D eigenvalue weighted by Gasteiger charge is -2.11. The molecule has 0 bridgehead atoms. The fourth-order valence-electron chi connectivity index (χ4n) is 2.12. The predicted molar refractivity (Wildman–Crippen MR) is 93.1 cm³/mol. The third-order valence-electron chi connectivity index (χ3n) is 3.54. The van der Waals surface area contributed by atoms with Crippen LogP contribution in [0.5, 0.6) is 0 Å². The average Bonchev–Trinajstić information content (AvgIpc) is 2.57. The number of alkyl halides is 2. The highest BCUT2D eigenvalue weighted by atomic mass is 32.2. The molecular weight excluding hydrogens is 348 g/mol. The number of ether oxygens (including phenoxy) is 1. The van der Waals surface area contributed by atoms with Crippen LogP contribution >= 0.6 is 11.8 Å². The van der Waals surface area contributed by atoms with E-state index in [1.54, 1.807) is 18.2 Å². The van der Waals surface area contributed by atoms with Gasteiger partial charge in [0.2, 0.25) is 0 Å². The summed E-state index contributed by atoms with van der Waals surface area (Å²) in [5, 5.41) is 2.66. The molecule has 2 rings (SSSR count). The van der Waals surface area contributed by atoms with Gasteiger partial charge < -0.3 is 10.1 Å². The number of amides is 1. The number of thioether (sulfide) groups is 1. The van der Waals surface area contributed by atoms with E-state index in [-0.39, 0.29) is 22.2 Å². The minimum atomic E-state index is -2.65. The summed E-state index contributed by atoms with van der Waals surface area (Å²) in [5.41, 5.74) is 2.58. The molecule has 0 fully saturated rings. The van der Waals surface area contributed by atoms with E-state index in [2.05, 4.69) is 5.32 Å². The van der Waals surface area contributed by atoms with Crippen molar-refractivity contribution >= 4 is 29.3 Å². The zero-order valence-electron chi connectivity index (χ0n) is 13.7. The highest BCUT2D eigenvalue weighted by Gasteiger charge is 2.17. The Hall–Kier alpha value is -2.41. The van der Waals surface area contributed by atoms with E-state index in [0.717, 1.165) is 11.1 Å². The van der Waals surface area contributed by atoms with E-state index in [1.165, 1.54) is 12.1 Å². The second-order valence-electron chi connectivity index (χ2n) is 5.25. The quantitative estimate of drug-likeness (QED) is 0.608. The van der Waals surface area contributed by atoms with Crippen molar-refractivity contribution in [2.24, 2.45) is 0 Å². The number of rotatable bonds is 6. The maximum Gasteiger partial charge on any atom is 0.339 e. The first kappa shape index (κ1) is 18.9. The van der Waals surface area contributed by atoms with Gasteiger partial charge in [-0.05, 0) is 43.2 Å². The van der Waals surface area contributed by atoms with E-state index in [4.69, 9.17) is 4.74 Å². The van der Waals surface area contributed by atoms with Crippen LogP contribution in [0.25, 0.3) is 0 Å². The van der Waals surface area contributed by atoms with Crippen LogP contribution in [0.4, 0.5) is 14.5 Å². The number of nitrogens with one attached hydrogen (secondary N) is 1. The minimum absolute atomic E-state index is 0.00679. The van der Waals surface area contributed by atoms with Crippen molar-refractivity contribution in [3.63, 3.8) is 0 Å². The third kappa shape index (κ3) is 5.29. The van der Waals surface area contributed by atoms with Crippen molar-refractivity contribution in [1.29, 1.82) is 0 Å². The van der Waals surface area contributed by atoms with Crippen molar-refractivity contribution in [3.05, 3.63) is 59.2 Å². The molecule has 2 aromatic carbocycles. The van der Waals surface area contributed by atoms with Crippen LogP contribution in [0, 0.1) is 13.8 Å². The van der Waals surface area contributed by atoms with Gasteiger partial charge in [-0.15, -0.1) is 0 Å². The maximum atomic E-state index is 12.5. The summed E-state index contributed by atoms with van der Waals surface area (Å²) in [6.07, 6.45) is 0. The number of benzene rings is 2. The standard InChI is InChI=1S/C18H17F2NO3S/c1-11-6-5-8-14(12(11)2)21-16(22)10-24-17(23)13-7-3-4-9-15(13)25-18(19)20/h3-9,18H,10H2,1-2H3,(H,21,22). The summed E-state index contributed by atoms with van der Waals surface area (Å²) in [4.78, 5) is 24.1. The molecule has 25 heavy (non-hydrogen) atoms. The second-order valence-corrected chi connectivity index (χ2v) is 6.28. The van der Waals surface area contributed by atoms with Gasteiger partial charge in [-0.1, -0.05) is 36.0 Å². The lowest BCUT2D eigenvalue weighted by Crippen LogP contribution is -2.21. The van der Waals surface area contributed by atoms with Gasteiger partial charge in [0.15, 0.2) is 6.61 Å². The number of carbonyl (C=O) groups is 2. The van der Waals surface area contributed by atoms with Crippen LogP contribution in [-0.4, -0.2) is 24.2 Å². The molecule has 0 aliphatic heterocycles. The van der Waals surface area contributed by atoms with Gasteiger partial charge in [-0.2, -0.15) is 8.78 Å². The molecule has 7 heteroatoms. The number of esters is 1. The fourth-order valence-corrected chi connectivity index (χ4v) is 2.74. The zero-order chi connectivity index (χ0) is 18.4. The van der Waals surface area contributed by atoms with Crippen molar-refractivity contribution in [3.8, 4) is 0 Å². The van der Waals surface area contributed by atoms with Crippen LogP contribution in [0.3, 0.4) is 0 Å². The van der Waals surface area contributed by atoms with Crippen LogP contribution < -0.4 is 5.32 Å². The molecule has 0 saturated carbocycles. The van der Waals surface area contributed by atoms with Gasteiger partial charge in [-0.3, -0.25) is 4.79 Å². The van der Waals surface area contributed by atoms with Crippen molar-refractivity contribution in [2.75, 3.05) is 11.9 Å². The molecule has 0 atom stereocenters. The molecule has 0 aliphatic carbocycles. The third-order valence-corrected chi connectivity index (χ3v) is 4.32. The Morgan fingerprint density at radius 3 is 2.56 bits per heavy atom. The Morgan fingerprint density at radius 1 is 1.12 bits per heavy atom. The monoisotopic (exact) mass is 365 g/mol. The summed E-state index contributed by atoms with van der Waals surface area (Å²) < 4.78 is 30.0. The van der Waals surface area contributed by atoms with E-state index in [0.29, 0.717) is 5.69 Å². The minimum Gasteiger partial charge on any atom is -0.452 e.